The van der Waals surface area contributed by atoms with Crippen molar-refractivity contribution in [3.05, 3.63) is 83.3 Å². The summed E-state index contributed by atoms with van der Waals surface area (Å²) in [5, 5.41) is 5.26. The summed E-state index contributed by atoms with van der Waals surface area (Å²) in [5.74, 6) is 0.393. The van der Waals surface area contributed by atoms with Crippen LogP contribution in [0.25, 0.3) is 10.6 Å². The summed E-state index contributed by atoms with van der Waals surface area (Å²) in [7, 11) is 1.59. The van der Waals surface area contributed by atoms with E-state index in [0.717, 1.165) is 10.6 Å². The fourth-order valence-electron chi connectivity index (χ4n) is 3.16. The molecule has 34 heavy (non-hydrogen) atoms. The second-order valence-corrected chi connectivity index (χ2v) is 7.85. The van der Waals surface area contributed by atoms with Crippen LogP contribution < -0.4 is 14.8 Å². The van der Waals surface area contributed by atoms with Crippen molar-refractivity contribution in [3.8, 4) is 22.1 Å². The number of para-hydroxylation sites is 1. The number of amides is 1. The number of carbonyl (C=O) groups excluding carboxylic acids is 2. The quantitative estimate of drug-likeness (QED) is 0.321. The lowest BCUT2D eigenvalue weighted by molar-refractivity contribution is 0.0469. The van der Waals surface area contributed by atoms with Gasteiger partial charge in [0.15, 0.2) is 17.3 Å². The normalized spacial score (nSPS) is 10.5. The van der Waals surface area contributed by atoms with E-state index in [0.29, 0.717) is 29.5 Å². The third-order valence-electron chi connectivity index (χ3n) is 4.75. The Hall–Kier alpha value is -4.11. The zero-order valence-electron chi connectivity index (χ0n) is 18.6. The highest BCUT2D eigenvalue weighted by atomic mass is 32.1. The molecule has 0 aliphatic carbocycles. The van der Waals surface area contributed by atoms with Gasteiger partial charge in [0, 0.05) is 10.9 Å². The average Bonchev–Trinajstić information content (AvgIpc) is 3.56. The number of furan rings is 1. The van der Waals surface area contributed by atoms with Crippen LogP contribution in [-0.2, 0) is 11.3 Å². The Labute approximate surface area is 200 Å². The molecule has 174 valence electrons. The molecule has 0 saturated carbocycles. The number of benzene rings is 2. The first kappa shape index (κ1) is 23.1. The summed E-state index contributed by atoms with van der Waals surface area (Å²) in [4.78, 5) is 29.6. The monoisotopic (exact) mass is 478 g/mol. The zero-order chi connectivity index (χ0) is 23.9. The van der Waals surface area contributed by atoms with E-state index >= 15 is 0 Å². The Morgan fingerprint density at radius 3 is 2.71 bits per heavy atom. The third kappa shape index (κ3) is 5.26. The van der Waals surface area contributed by atoms with E-state index in [4.69, 9.17) is 18.6 Å². The first-order chi connectivity index (χ1) is 16.6. The number of hydrogen-bond acceptors (Lipinski definition) is 8. The number of rotatable bonds is 9. The van der Waals surface area contributed by atoms with Crippen molar-refractivity contribution in [2.24, 2.45) is 0 Å². The van der Waals surface area contributed by atoms with Crippen molar-refractivity contribution in [1.82, 2.24) is 4.98 Å². The van der Waals surface area contributed by atoms with Gasteiger partial charge >= 0.3 is 5.97 Å². The minimum Gasteiger partial charge on any atom is -0.493 e. The summed E-state index contributed by atoms with van der Waals surface area (Å²) >= 11 is 1.43. The molecule has 0 saturated heterocycles. The number of anilines is 1. The number of thiazole rings is 1. The summed E-state index contributed by atoms with van der Waals surface area (Å²) < 4.78 is 21.5. The second kappa shape index (κ2) is 10.7. The Morgan fingerprint density at radius 2 is 1.94 bits per heavy atom. The molecule has 2 aromatic heterocycles. The van der Waals surface area contributed by atoms with Gasteiger partial charge in [0.1, 0.15) is 11.6 Å². The molecule has 9 heteroatoms. The van der Waals surface area contributed by atoms with Gasteiger partial charge in [-0.05, 0) is 49.4 Å². The van der Waals surface area contributed by atoms with Gasteiger partial charge < -0.3 is 23.9 Å². The standard InChI is InChI=1S/C25H22N2O6S/c1-3-31-20-11-10-16(13-22(20)30-2)24-26-17(15-34-24)14-33-25(29)18-7-4-5-8-19(18)27-23(28)21-9-6-12-32-21/h4-13,15H,3,14H2,1-2H3,(H,27,28). The van der Waals surface area contributed by atoms with E-state index in [9.17, 15) is 9.59 Å². The zero-order valence-corrected chi connectivity index (χ0v) is 19.4. The molecule has 1 N–H and O–H groups in total. The van der Waals surface area contributed by atoms with Crippen LogP contribution in [0, 0.1) is 0 Å². The fourth-order valence-corrected chi connectivity index (χ4v) is 3.96. The van der Waals surface area contributed by atoms with Gasteiger partial charge in [-0.15, -0.1) is 11.3 Å². The smallest absolute Gasteiger partial charge is 0.340 e. The van der Waals surface area contributed by atoms with Crippen LogP contribution in [-0.4, -0.2) is 30.6 Å². The Morgan fingerprint density at radius 1 is 1.09 bits per heavy atom. The molecule has 0 aliphatic heterocycles. The van der Waals surface area contributed by atoms with Gasteiger partial charge in [-0.2, -0.15) is 0 Å². The predicted octanol–water partition coefficient (Wildman–Crippen LogP) is 5.42. The summed E-state index contributed by atoms with van der Waals surface area (Å²) in [6.45, 7) is 2.44. The molecule has 2 aromatic carbocycles. The molecule has 4 rings (SSSR count). The number of nitrogens with one attached hydrogen (secondary N) is 1. The number of ether oxygens (including phenoxy) is 3. The lowest BCUT2D eigenvalue weighted by Crippen LogP contribution is -2.15. The van der Waals surface area contributed by atoms with E-state index in [1.54, 1.807) is 37.4 Å². The minimum atomic E-state index is -0.576. The van der Waals surface area contributed by atoms with Gasteiger partial charge in [-0.25, -0.2) is 9.78 Å². The number of nitrogens with zero attached hydrogens (tertiary/aromatic N) is 1. The Bertz CT molecular complexity index is 1280. The Kier molecular flexibility index (Phi) is 7.24. The summed E-state index contributed by atoms with van der Waals surface area (Å²) in [6.07, 6.45) is 1.40. The maximum absolute atomic E-state index is 12.7. The van der Waals surface area contributed by atoms with Gasteiger partial charge in [-0.1, -0.05) is 12.1 Å². The molecule has 1 amide bonds. The van der Waals surface area contributed by atoms with E-state index < -0.39 is 11.9 Å². The molecule has 8 nitrogen and oxygen atoms in total. The molecule has 2 heterocycles. The molecule has 0 fully saturated rings. The van der Waals surface area contributed by atoms with E-state index in [1.807, 2.05) is 30.5 Å². The van der Waals surface area contributed by atoms with E-state index in [1.165, 1.54) is 23.7 Å². The van der Waals surface area contributed by atoms with Crippen molar-refractivity contribution < 1.29 is 28.2 Å². The minimum absolute atomic E-state index is 0.00996. The van der Waals surface area contributed by atoms with Gasteiger partial charge in [0.05, 0.1) is 36.9 Å². The predicted molar refractivity (Wildman–Crippen MR) is 127 cm³/mol. The molecule has 0 spiro atoms. The Balaban J connectivity index is 1.43. The number of carbonyl (C=O) groups is 2. The van der Waals surface area contributed by atoms with Crippen LogP contribution in [0.15, 0.2) is 70.7 Å². The fraction of sp³-hybridized carbons (Fsp3) is 0.160. The van der Waals surface area contributed by atoms with Crippen molar-refractivity contribution in [2.45, 2.75) is 13.5 Å². The van der Waals surface area contributed by atoms with Crippen molar-refractivity contribution >= 4 is 28.9 Å². The molecule has 0 atom stereocenters. The van der Waals surface area contributed by atoms with Crippen LogP contribution in [0.2, 0.25) is 0 Å². The maximum atomic E-state index is 12.7. The summed E-state index contributed by atoms with van der Waals surface area (Å²) in [6, 6.07) is 15.4. The molecule has 4 aromatic rings. The third-order valence-corrected chi connectivity index (χ3v) is 5.69. The number of hydrogen-bond donors (Lipinski definition) is 1. The number of methoxy groups -OCH3 is 1. The lowest BCUT2D eigenvalue weighted by atomic mass is 10.1. The maximum Gasteiger partial charge on any atom is 0.340 e. The highest BCUT2D eigenvalue weighted by molar-refractivity contribution is 7.13. The van der Waals surface area contributed by atoms with Crippen molar-refractivity contribution in [1.29, 1.82) is 0 Å². The largest absolute Gasteiger partial charge is 0.493 e. The molecule has 0 aliphatic rings. The molecular weight excluding hydrogens is 456 g/mol. The first-order valence-corrected chi connectivity index (χ1v) is 11.3. The van der Waals surface area contributed by atoms with Crippen LogP contribution >= 0.6 is 11.3 Å². The number of esters is 1. The molecular formula is C25H22N2O6S. The van der Waals surface area contributed by atoms with Crippen LogP contribution in [0.5, 0.6) is 11.5 Å². The summed E-state index contributed by atoms with van der Waals surface area (Å²) in [5.41, 5.74) is 2.04. The lowest BCUT2D eigenvalue weighted by Gasteiger charge is -2.10. The van der Waals surface area contributed by atoms with Crippen LogP contribution in [0.3, 0.4) is 0 Å². The van der Waals surface area contributed by atoms with E-state index in [-0.39, 0.29) is 17.9 Å². The van der Waals surface area contributed by atoms with Gasteiger partial charge in [-0.3, -0.25) is 4.79 Å². The van der Waals surface area contributed by atoms with Crippen molar-refractivity contribution in [3.63, 3.8) is 0 Å². The second-order valence-electron chi connectivity index (χ2n) is 7.00. The van der Waals surface area contributed by atoms with Gasteiger partial charge in [0.25, 0.3) is 5.91 Å². The van der Waals surface area contributed by atoms with Crippen molar-refractivity contribution in [2.75, 3.05) is 19.0 Å². The highest BCUT2D eigenvalue weighted by Crippen LogP contribution is 2.34. The van der Waals surface area contributed by atoms with Crippen LogP contribution in [0.4, 0.5) is 5.69 Å². The SMILES string of the molecule is CCOc1ccc(-c2nc(COC(=O)c3ccccc3NC(=O)c3ccco3)cs2)cc1OC. The number of aromatic nitrogens is 1. The van der Waals surface area contributed by atoms with Crippen LogP contribution in [0.1, 0.15) is 33.5 Å². The van der Waals surface area contributed by atoms with E-state index in [2.05, 4.69) is 10.3 Å². The average molecular weight is 479 g/mol. The molecule has 0 radical (unpaired) electrons. The first-order valence-electron chi connectivity index (χ1n) is 10.5. The highest BCUT2D eigenvalue weighted by Gasteiger charge is 2.17. The van der Waals surface area contributed by atoms with Gasteiger partial charge in [0.2, 0.25) is 0 Å². The topological polar surface area (TPSA) is 99.9 Å². The molecule has 0 unspecified atom stereocenters. The molecule has 0 bridgehead atoms.